The standard InChI is InChI=1S/C9H21NO3S/c1-8(2)13-6-5-9(10-3)7-14(4,11)12/h8-10H,5-7H2,1-4H3. The molecule has 0 aliphatic heterocycles. The molecule has 0 aromatic carbocycles. The Bertz CT molecular complexity index is 236. The zero-order chi connectivity index (χ0) is 11.2. The molecule has 0 fully saturated rings. The topological polar surface area (TPSA) is 55.4 Å². The molecule has 86 valence electrons. The fraction of sp³-hybridized carbons (Fsp3) is 1.00. The van der Waals surface area contributed by atoms with E-state index in [2.05, 4.69) is 5.32 Å². The SMILES string of the molecule is CNC(CCOC(C)C)CS(C)(=O)=O. The smallest absolute Gasteiger partial charge is 0.148 e. The van der Waals surface area contributed by atoms with Gasteiger partial charge in [-0.3, -0.25) is 0 Å². The molecule has 0 radical (unpaired) electrons. The summed E-state index contributed by atoms with van der Waals surface area (Å²) in [4.78, 5) is 0. The van der Waals surface area contributed by atoms with E-state index < -0.39 is 9.84 Å². The Kier molecular flexibility index (Phi) is 6.31. The van der Waals surface area contributed by atoms with Gasteiger partial charge in [0.15, 0.2) is 0 Å². The first kappa shape index (κ1) is 13.9. The predicted octanol–water partition coefficient (Wildman–Crippen LogP) is 0.434. The van der Waals surface area contributed by atoms with E-state index >= 15 is 0 Å². The lowest BCUT2D eigenvalue weighted by Gasteiger charge is -2.15. The Hall–Kier alpha value is -0.130. The van der Waals surface area contributed by atoms with E-state index in [9.17, 15) is 8.42 Å². The van der Waals surface area contributed by atoms with Crippen LogP contribution in [-0.2, 0) is 14.6 Å². The third kappa shape index (κ3) is 8.47. The monoisotopic (exact) mass is 223 g/mol. The molecule has 1 atom stereocenters. The molecule has 4 nitrogen and oxygen atoms in total. The third-order valence-electron chi connectivity index (χ3n) is 1.83. The van der Waals surface area contributed by atoms with E-state index in [1.165, 1.54) is 6.26 Å². The number of sulfone groups is 1. The van der Waals surface area contributed by atoms with E-state index in [-0.39, 0.29) is 17.9 Å². The summed E-state index contributed by atoms with van der Waals surface area (Å²) in [7, 11) is -1.14. The van der Waals surface area contributed by atoms with Crippen molar-refractivity contribution >= 4 is 9.84 Å². The summed E-state index contributed by atoms with van der Waals surface area (Å²) in [5, 5.41) is 2.97. The van der Waals surface area contributed by atoms with Crippen LogP contribution < -0.4 is 5.32 Å². The van der Waals surface area contributed by atoms with Crippen LogP contribution in [0.5, 0.6) is 0 Å². The van der Waals surface area contributed by atoms with Crippen molar-refractivity contribution in [3.63, 3.8) is 0 Å². The van der Waals surface area contributed by atoms with Gasteiger partial charge in [0, 0.05) is 18.9 Å². The first-order valence-corrected chi connectivity index (χ1v) is 6.88. The van der Waals surface area contributed by atoms with Gasteiger partial charge in [-0.15, -0.1) is 0 Å². The largest absolute Gasteiger partial charge is 0.379 e. The zero-order valence-corrected chi connectivity index (χ0v) is 10.2. The highest BCUT2D eigenvalue weighted by atomic mass is 32.2. The van der Waals surface area contributed by atoms with Gasteiger partial charge in [-0.1, -0.05) is 0 Å². The van der Waals surface area contributed by atoms with E-state index in [0.717, 1.165) is 6.42 Å². The summed E-state index contributed by atoms with van der Waals surface area (Å²) in [5.74, 6) is 0.172. The van der Waals surface area contributed by atoms with Crippen molar-refractivity contribution in [3.8, 4) is 0 Å². The van der Waals surface area contributed by atoms with Crippen molar-refractivity contribution in [2.45, 2.75) is 32.4 Å². The van der Waals surface area contributed by atoms with Crippen molar-refractivity contribution in [3.05, 3.63) is 0 Å². The number of nitrogens with one attached hydrogen (secondary N) is 1. The average molecular weight is 223 g/mol. The van der Waals surface area contributed by atoms with Crippen LogP contribution in [0.25, 0.3) is 0 Å². The van der Waals surface area contributed by atoms with Gasteiger partial charge in [0.05, 0.1) is 11.9 Å². The first-order chi connectivity index (χ1) is 6.35. The summed E-state index contributed by atoms with van der Waals surface area (Å²) in [6.45, 7) is 4.52. The Morgan fingerprint density at radius 2 is 1.93 bits per heavy atom. The Labute approximate surface area is 86.9 Å². The number of hydrogen-bond acceptors (Lipinski definition) is 4. The van der Waals surface area contributed by atoms with Crippen LogP contribution in [0.3, 0.4) is 0 Å². The molecule has 0 saturated heterocycles. The lowest BCUT2D eigenvalue weighted by molar-refractivity contribution is 0.0731. The lowest BCUT2D eigenvalue weighted by atomic mass is 10.2. The number of rotatable bonds is 7. The molecule has 0 bridgehead atoms. The minimum Gasteiger partial charge on any atom is -0.379 e. The van der Waals surface area contributed by atoms with Gasteiger partial charge in [-0.2, -0.15) is 0 Å². The highest BCUT2D eigenvalue weighted by Crippen LogP contribution is 1.99. The third-order valence-corrected chi connectivity index (χ3v) is 2.84. The summed E-state index contributed by atoms with van der Waals surface area (Å²) in [5.41, 5.74) is 0. The summed E-state index contributed by atoms with van der Waals surface area (Å²) in [6.07, 6.45) is 2.17. The second-order valence-electron chi connectivity index (χ2n) is 3.79. The van der Waals surface area contributed by atoms with Crippen molar-refractivity contribution in [2.75, 3.05) is 25.7 Å². The van der Waals surface area contributed by atoms with Crippen molar-refractivity contribution in [2.24, 2.45) is 0 Å². The van der Waals surface area contributed by atoms with Crippen LogP contribution in [-0.4, -0.2) is 46.2 Å². The van der Waals surface area contributed by atoms with E-state index in [4.69, 9.17) is 4.74 Å². The molecule has 0 aliphatic carbocycles. The molecule has 5 heteroatoms. The molecule has 0 amide bonds. The molecule has 0 aromatic heterocycles. The predicted molar refractivity (Wildman–Crippen MR) is 58.3 cm³/mol. The van der Waals surface area contributed by atoms with E-state index in [0.29, 0.717) is 6.61 Å². The van der Waals surface area contributed by atoms with Crippen LogP contribution in [0.15, 0.2) is 0 Å². The molecule has 1 unspecified atom stereocenters. The Morgan fingerprint density at radius 3 is 2.29 bits per heavy atom. The quantitative estimate of drug-likeness (QED) is 0.680. The molecular formula is C9H21NO3S. The van der Waals surface area contributed by atoms with Crippen LogP contribution in [0, 0.1) is 0 Å². The molecule has 0 saturated carbocycles. The minimum absolute atomic E-state index is 0.0104. The van der Waals surface area contributed by atoms with Crippen molar-refractivity contribution in [1.82, 2.24) is 5.32 Å². The van der Waals surface area contributed by atoms with Gasteiger partial charge in [-0.05, 0) is 27.3 Å². The number of ether oxygens (including phenoxy) is 1. The van der Waals surface area contributed by atoms with E-state index in [1.807, 2.05) is 13.8 Å². The molecule has 0 spiro atoms. The van der Waals surface area contributed by atoms with Gasteiger partial charge in [-0.25, -0.2) is 8.42 Å². The van der Waals surface area contributed by atoms with Crippen LogP contribution >= 0.6 is 0 Å². The van der Waals surface area contributed by atoms with Gasteiger partial charge < -0.3 is 10.1 Å². The Morgan fingerprint density at radius 1 is 1.36 bits per heavy atom. The maximum Gasteiger partial charge on any atom is 0.148 e. The molecule has 14 heavy (non-hydrogen) atoms. The van der Waals surface area contributed by atoms with Crippen LogP contribution in [0.4, 0.5) is 0 Å². The zero-order valence-electron chi connectivity index (χ0n) is 9.41. The fourth-order valence-corrected chi connectivity index (χ4v) is 2.19. The maximum atomic E-state index is 11.0. The fourth-order valence-electron chi connectivity index (χ4n) is 1.12. The van der Waals surface area contributed by atoms with Crippen molar-refractivity contribution in [1.29, 1.82) is 0 Å². The van der Waals surface area contributed by atoms with Gasteiger partial charge >= 0.3 is 0 Å². The Balaban J connectivity index is 3.81. The molecule has 0 rings (SSSR count). The highest BCUT2D eigenvalue weighted by molar-refractivity contribution is 7.90. The normalized spacial score (nSPS) is 14.6. The molecule has 1 N–H and O–H groups in total. The van der Waals surface area contributed by atoms with Crippen molar-refractivity contribution < 1.29 is 13.2 Å². The second-order valence-corrected chi connectivity index (χ2v) is 5.97. The summed E-state index contributed by atoms with van der Waals surface area (Å²) in [6, 6.07) is -0.0104. The maximum absolute atomic E-state index is 11.0. The first-order valence-electron chi connectivity index (χ1n) is 4.81. The molecule has 0 aromatic rings. The molecule has 0 heterocycles. The van der Waals surface area contributed by atoms with Gasteiger partial charge in [0.25, 0.3) is 0 Å². The molecular weight excluding hydrogens is 202 g/mol. The van der Waals surface area contributed by atoms with E-state index in [1.54, 1.807) is 7.05 Å². The highest BCUT2D eigenvalue weighted by Gasteiger charge is 2.13. The van der Waals surface area contributed by atoms with Gasteiger partial charge in [0.2, 0.25) is 0 Å². The van der Waals surface area contributed by atoms with Crippen LogP contribution in [0.1, 0.15) is 20.3 Å². The average Bonchev–Trinajstić information content (AvgIpc) is 1.99. The molecule has 0 aliphatic rings. The lowest BCUT2D eigenvalue weighted by Crippen LogP contribution is -2.34. The minimum atomic E-state index is -2.90. The summed E-state index contributed by atoms with van der Waals surface area (Å²) < 4.78 is 27.4. The van der Waals surface area contributed by atoms with Crippen LogP contribution in [0.2, 0.25) is 0 Å². The van der Waals surface area contributed by atoms with Gasteiger partial charge in [0.1, 0.15) is 9.84 Å². The second kappa shape index (κ2) is 6.37. The summed E-state index contributed by atoms with van der Waals surface area (Å²) >= 11 is 0. The number of hydrogen-bond donors (Lipinski definition) is 1.